The van der Waals surface area contributed by atoms with Crippen molar-refractivity contribution in [1.29, 1.82) is 0 Å². The second-order valence-corrected chi connectivity index (χ2v) is 12.2. The Labute approximate surface area is 321 Å². The van der Waals surface area contributed by atoms with Gasteiger partial charge in [-0.1, -0.05) is 13.8 Å². The zero-order chi connectivity index (χ0) is 40.1. The molecule has 0 aliphatic carbocycles. The molecular weight excluding hydrogens is 705 g/mol. The number of hydrogen-bond donors (Lipinski definition) is 5. The maximum absolute atomic E-state index is 14.0. The third-order valence-electron chi connectivity index (χ3n) is 8.72. The van der Waals surface area contributed by atoms with E-state index in [1.807, 2.05) is 38.2 Å². The fourth-order valence-corrected chi connectivity index (χ4v) is 6.01. The molecule has 5 aromatic carbocycles. The molecule has 1 aliphatic heterocycles. The zero-order valence-electron chi connectivity index (χ0n) is 32.4. The normalized spacial score (nSPS) is 11.5. The highest BCUT2D eigenvalue weighted by Gasteiger charge is 2.21. The highest BCUT2D eigenvalue weighted by molar-refractivity contribution is 5.94. The quantitative estimate of drug-likeness (QED) is 0.0433. The van der Waals surface area contributed by atoms with Gasteiger partial charge in [0.05, 0.1) is 27.9 Å². The summed E-state index contributed by atoms with van der Waals surface area (Å²) in [4.78, 5) is 14.8. The first-order valence-corrected chi connectivity index (χ1v) is 18.0. The van der Waals surface area contributed by atoms with Gasteiger partial charge in [-0.2, -0.15) is 5.48 Å². The third kappa shape index (κ3) is 10.4. The molecule has 0 aromatic heterocycles. The van der Waals surface area contributed by atoms with Crippen LogP contribution in [-0.2, 0) is 6.42 Å². The largest absolute Gasteiger partial charge is 0.496 e. The van der Waals surface area contributed by atoms with Gasteiger partial charge < -0.3 is 40.1 Å². The molecule has 9 N–H and O–H groups in total. The summed E-state index contributed by atoms with van der Waals surface area (Å²) in [5, 5.41) is 11.0. The Morgan fingerprint density at radius 3 is 2.20 bits per heavy atom. The van der Waals surface area contributed by atoms with Gasteiger partial charge in [-0.3, -0.25) is 5.32 Å². The summed E-state index contributed by atoms with van der Waals surface area (Å²) >= 11 is 0. The van der Waals surface area contributed by atoms with Gasteiger partial charge in [0.2, 0.25) is 0 Å². The lowest BCUT2D eigenvalue weighted by atomic mass is 10.0. The van der Waals surface area contributed by atoms with E-state index in [0.29, 0.717) is 46.7 Å². The molecule has 6 rings (SSSR count). The smallest absolute Gasteiger partial charge is 0.347 e. The summed E-state index contributed by atoms with van der Waals surface area (Å²) in [6.07, 6.45) is 2.16. The predicted molar refractivity (Wildman–Crippen MR) is 213 cm³/mol. The van der Waals surface area contributed by atoms with Gasteiger partial charge in [-0.05, 0) is 67.3 Å². The van der Waals surface area contributed by atoms with Crippen LogP contribution in [0, 0.1) is 5.82 Å². The number of nitrogens with two attached hydrogens (primary N) is 4. The Bertz CT molecular complexity index is 2060. The first kappa shape index (κ1) is 41.7. The molecule has 0 amide bonds. The van der Waals surface area contributed by atoms with E-state index < -0.39 is 11.8 Å². The van der Waals surface area contributed by atoms with Crippen molar-refractivity contribution in [1.82, 2.24) is 0 Å². The van der Waals surface area contributed by atoms with Gasteiger partial charge in [0.1, 0.15) is 34.2 Å². The second-order valence-electron chi connectivity index (χ2n) is 12.2. The van der Waals surface area contributed by atoms with Crippen LogP contribution in [0.4, 0.5) is 38.5 Å². The fraction of sp³-hybridized carbons (Fsp3) is 0.262. The van der Waals surface area contributed by atoms with E-state index in [1.54, 1.807) is 61.7 Å². The highest BCUT2D eigenvalue weighted by Crippen LogP contribution is 2.36. The number of rotatable bonds is 11. The molecule has 1 aliphatic rings. The first-order chi connectivity index (χ1) is 26.6. The minimum absolute atomic E-state index is 0.0248. The number of quaternary nitrogens is 2. The number of ether oxygens (including phenoxy) is 5. The minimum Gasteiger partial charge on any atom is -0.496 e. The lowest BCUT2D eigenvalue weighted by molar-refractivity contribution is -0.825. The average Bonchev–Trinajstić information content (AvgIpc) is 3.20. The number of aryl methyl sites for hydroxylation is 1. The highest BCUT2D eigenvalue weighted by atomic mass is 19.1. The number of carbonyl (C=O) groups excluding carboxylic acids is 1. The average molecular weight is 758 g/mol. The Morgan fingerprint density at radius 1 is 0.836 bits per heavy atom. The van der Waals surface area contributed by atoms with Crippen LogP contribution in [0.5, 0.6) is 28.7 Å². The van der Waals surface area contributed by atoms with E-state index in [0.717, 1.165) is 47.4 Å². The molecule has 12 nitrogen and oxygen atoms in total. The van der Waals surface area contributed by atoms with Crippen LogP contribution in [0.25, 0.3) is 11.1 Å². The van der Waals surface area contributed by atoms with E-state index in [9.17, 15) is 9.18 Å². The van der Waals surface area contributed by atoms with E-state index in [1.165, 1.54) is 31.5 Å². The molecule has 0 saturated carbocycles. The number of nitrogens with zero attached hydrogens (tertiary/aromatic N) is 1. The lowest BCUT2D eigenvalue weighted by Crippen LogP contribution is -2.73. The van der Waals surface area contributed by atoms with Crippen LogP contribution in [0.15, 0.2) is 84.9 Å². The Kier molecular flexibility index (Phi) is 15.1. The number of esters is 1. The maximum atomic E-state index is 14.0. The van der Waals surface area contributed by atoms with Crippen molar-refractivity contribution in [3.05, 3.63) is 102 Å². The van der Waals surface area contributed by atoms with Gasteiger partial charge >= 0.3 is 5.97 Å². The van der Waals surface area contributed by atoms with E-state index in [4.69, 9.17) is 40.4 Å². The molecule has 13 heteroatoms. The van der Waals surface area contributed by atoms with Crippen LogP contribution in [0.2, 0.25) is 0 Å². The predicted octanol–water partition coefficient (Wildman–Crippen LogP) is 6.51. The van der Waals surface area contributed by atoms with Gasteiger partial charge in [-0.25, -0.2) is 14.4 Å². The number of halogens is 1. The topological polar surface area (TPSA) is 172 Å². The van der Waals surface area contributed by atoms with Crippen LogP contribution in [-0.4, -0.2) is 52.7 Å². The monoisotopic (exact) mass is 757 g/mol. The first-order valence-electron chi connectivity index (χ1n) is 18.0. The molecule has 0 atom stereocenters. The van der Waals surface area contributed by atoms with Gasteiger partial charge in [0, 0.05) is 79.1 Å². The number of benzene rings is 5. The number of fused-ring (bicyclic) bond motifs is 1. The molecule has 0 saturated heterocycles. The molecule has 0 fully saturated rings. The van der Waals surface area contributed by atoms with Crippen molar-refractivity contribution < 1.29 is 48.9 Å². The minimum atomic E-state index is -0.561. The van der Waals surface area contributed by atoms with Crippen LogP contribution < -0.4 is 50.8 Å². The van der Waals surface area contributed by atoms with Crippen molar-refractivity contribution in [3.63, 3.8) is 0 Å². The van der Waals surface area contributed by atoms with Crippen molar-refractivity contribution >= 4 is 40.1 Å². The van der Waals surface area contributed by atoms with E-state index in [2.05, 4.69) is 24.1 Å². The molecule has 292 valence electrons. The number of hydrogen-bond acceptors (Lipinski definition) is 10. The third-order valence-corrected chi connectivity index (χ3v) is 8.72. The molecule has 0 radical (unpaired) electrons. The molecule has 5 aromatic rings. The molecule has 0 spiro atoms. The summed E-state index contributed by atoms with van der Waals surface area (Å²) in [5.41, 5.74) is 19.8. The lowest BCUT2D eigenvalue weighted by Gasteiger charge is -2.28. The Morgan fingerprint density at radius 2 is 1.55 bits per heavy atom. The zero-order valence-corrected chi connectivity index (χ0v) is 32.4. The molecule has 0 bridgehead atoms. The summed E-state index contributed by atoms with van der Waals surface area (Å²) in [5.74, 6) is 1.32. The summed E-state index contributed by atoms with van der Waals surface area (Å²) in [6, 6.07) is 24.5. The number of nitrogen functional groups attached to an aromatic ring is 2. The van der Waals surface area contributed by atoms with Gasteiger partial charge in [0.25, 0.3) is 0 Å². The van der Waals surface area contributed by atoms with Crippen molar-refractivity contribution in [3.8, 4) is 39.9 Å². The Hall–Kier alpha value is -6.02. The van der Waals surface area contributed by atoms with E-state index >= 15 is 0 Å². The molecule has 1 heterocycles. The molecule has 0 unspecified atom stereocenters. The van der Waals surface area contributed by atoms with Crippen LogP contribution in [0.3, 0.4) is 0 Å². The summed E-state index contributed by atoms with van der Waals surface area (Å²) in [7, 11) is 6.58. The van der Waals surface area contributed by atoms with Crippen LogP contribution >= 0.6 is 0 Å². The van der Waals surface area contributed by atoms with Gasteiger partial charge in [0.15, 0.2) is 28.7 Å². The van der Waals surface area contributed by atoms with Crippen LogP contribution in [0.1, 0.15) is 43.1 Å². The number of anilines is 3. The SMILES string of the molecule is CC.CCOc1cc2c(cc1[NH2+]c1cc(F)c(N)c(OC)c1)CCCN2C.COc1cc(N)ccc1C(=O)Oc1ccc(-c2ccc([NH2+]O)cc2)c(OC)c1. The van der Waals surface area contributed by atoms with Gasteiger partial charge in [-0.15, -0.1) is 0 Å². The number of carbonyl (C=O) groups is 1. The second kappa shape index (κ2) is 19.9. The molecular formula is C42H52FN5O7+2. The standard InChI is InChI=1S/C21H20N2O5.C19H24FN3O2.C2H6/c1-26-19-11-14(22)5-9-18(19)21(24)28-16-8-10-17(20(12-16)27-2)13-3-6-15(23-25)7-4-13;1-4-25-17-11-16-12(6-5-7-23(16)2)8-15(17)22-13-9-14(20)19(21)18(10-13)24-3;1-2/h3-12,23,25H,22H2,1-2H3;8-11,22H,4-7,21H2,1-3H3;1-2H3/p+2. The number of methoxy groups -OCH3 is 3. The molecule has 55 heavy (non-hydrogen) atoms. The Balaban J connectivity index is 0.000000235. The fourth-order valence-electron chi connectivity index (χ4n) is 6.01. The summed E-state index contributed by atoms with van der Waals surface area (Å²) < 4.78 is 41.2. The van der Waals surface area contributed by atoms with E-state index in [-0.39, 0.29) is 11.3 Å². The van der Waals surface area contributed by atoms with Crippen molar-refractivity contribution in [2.24, 2.45) is 0 Å². The maximum Gasteiger partial charge on any atom is 0.347 e. The van der Waals surface area contributed by atoms with Crippen molar-refractivity contribution in [2.45, 2.75) is 33.6 Å². The van der Waals surface area contributed by atoms with Crippen molar-refractivity contribution in [2.75, 3.05) is 57.9 Å². The summed E-state index contributed by atoms with van der Waals surface area (Å²) in [6.45, 7) is 7.57.